The van der Waals surface area contributed by atoms with E-state index in [1.54, 1.807) is 0 Å². The van der Waals surface area contributed by atoms with E-state index in [0.29, 0.717) is 15.8 Å². The molecule has 0 bridgehead atoms. The van der Waals surface area contributed by atoms with Crippen LogP contribution in [0.4, 0.5) is 0 Å². The van der Waals surface area contributed by atoms with Crippen LogP contribution in [0.15, 0.2) is 0 Å². The third-order valence-corrected chi connectivity index (χ3v) is 11.9. The normalized spacial score (nSPS) is 20.7. The molecule has 0 atom stereocenters. The van der Waals surface area contributed by atoms with E-state index in [4.69, 9.17) is 0 Å². The molecule has 2 saturated heterocycles. The van der Waals surface area contributed by atoms with Crippen LogP contribution in [-0.4, -0.2) is 111 Å². The predicted molar refractivity (Wildman–Crippen MR) is 137 cm³/mol. The van der Waals surface area contributed by atoms with Crippen LogP contribution in [0, 0.1) is 0 Å². The van der Waals surface area contributed by atoms with Gasteiger partial charge in [-0.15, -0.1) is 15.8 Å². The van der Waals surface area contributed by atoms with Gasteiger partial charge in [-0.25, -0.2) is 0 Å². The first-order valence-electron chi connectivity index (χ1n) is 12.9. The Balaban J connectivity index is 1.62. The molecule has 5 heteroatoms. The molecule has 2 heterocycles. The summed E-state index contributed by atoms with van der Waals surface area (Å²) in [4.78, 5) is 8.32. The van der Waals surface area contributed by atoms with E-state index >= 15 is 0 Å². The zero-order valence-corrected chi connectivity index (χ0v) is 21.9. The van der Waals surface area contributed by atoms with Crippen molar-refractivity contribution < 1.29 is 0 Å². The molecule has 0 spiro atoms. The molecule has 0 unspecified atom stereocenters. The summed E-state index contributed by atoms with van der Waals surface area (Å²) >= 11 is 0. The first kappa shape index (κ1) is 26.0. The van der Waals surface area contributed by atoms with E-state index in [-0.39, 0.29) is 0 Å². The molecule has 2 aliphatic heterocycles. The van der Waals surface area contributed by atoms with Crippen LogP contribution in [0.25, 0.3) is 0 Å². The maximum atomic E-state index is 2.86. The second-order valence-electron chi connectivity index (χ2n) is 9.27. The van der Waals surface area contributed by atoms with Gasteiger partial charge in [-0.3, -0.25) is 0 Å². The maximum Gasteiger partial charge on any atom is 0.00208 e. The van der Waals surface area contributed by atoms with E-state index in [9.17, 15) is 0 Å². The highest BCUT2D eigenvalue weighted by molar-refractivity contribution is 7.58. The summed E-state index contributed by atoms with van der Waals surface area (Å²) in [5, 5.41) is 0. The zero-order valence-electron chi connectivity index (χ0n) is 20.1. The molecule has 0 saturated carbocycles. The first-order valence-corrected chi connectivity index (χ1v) is 16.7. The minimum atomic E-state index is 0.317. The third kappa shape index (κ3) is 11.2. The van der Waals surface area contributed by atoms with Crippen LogP contribution in [0.2, 0.25) is 0 Å². The number of nitrogens with zero attached hydrogens (tertiary/aromatic N) is 3. The highest BCUT2D eigenvalue weighted by Crippen LogP contribution is 2.39. The average molecular weight is 444 g/mol. The SMILES string of the molecule is CCCCN1CCP(CCN(CCCC)CCP2CCN(CCCC)CC2)CC1. The van der Waals surface area contributed by atoms with Gasteiger partial charge < -0.3 is 14.7 Å². The van der Waals surface area contributed by atoms with E-state index in [1.807, 2.05) is 0 Å². The fraction of sp³-hybridized carbons (Fsp3) is 1.00. The van der Waals surface area contributed by atoms with Crippen molar-refractivity contribution in [2.45, 2.75) is 59.3 Å². The van der Waals surface area contributed by atoms with Gasteiger partial charge in [0, 0.05) is 39.3 Å². The predicted octanol–water partition coefficient (Wildman–Crippen LogP) is 5.28. The molecule has 0 aliphatic carbocycles. The summed E-state index contributed by atoms with van der Waals surface area (Å²) < 4.78 is 0. The van der Waals surface area contributed by atoms with Crippen molar-refractivity contribution in [3.8, 4) is 0 Å². The lowest BCUT2D eigenvalue weighted by Crippen LogP contribution is -2.37. The Labute approximate surface area is 185 Å². The zero-order chi connectivity index (χ0) is 20.7. The minimum Gasteiger partial charge on any atom is -0.303 e. The fourth-order valence-electron chi connectivity index (χ4n) is 4.52. The molecular weight excluding hydrogens is 392 g/mol. The van der Waals surface area contributed by atoms with Crippen LogP contribution < -0.4 is 0 Å². The Hall–Kier alpha value is 0.740. The van der Waals surface area contributed by atoms with E-state index in [1.165, 1.54) is 134 Å². The highest BCUT2D eigenvalue weighted by Gasteiger charge is 2.21. The minimum absolute atomic E-state index is 0.317. The van der Waals surface area contributed by atoms with Crippen molar-refractivity contribution >= 4 is 15.8 Å². The van der Waals surface area contributed by atoms with Crippen LogP contribution in [0.5, 0.6) is 0 Å². The third-order valence-electron chi connectivity index (χ3n) is 6.88. The van der Waals surface area contributed by atoms with Gasteiger partial charge in [-0.1, -0.05) is 40.0 Å². The lowest BCUT2D eigenvalue weighted by molar-refractivity contribution is 0.287. The average Bonchev–Trinajstić information content (AvgIpc) is 2.77. The van der Waals surface area contributed by atoms with Crippen molar-refractivity contribution in [1.82, 2.24) is 14.7 Å². The van der Waals surface area contributed by atoms with E-state index < -0.39 is 0 Å². The highest BCUT2D eigenvalue weighted by atomic mass is 31.1. The molecule has 2 aliphatic rings. The smallest absolute Gasteiger partial charge is 0.00208 e. The van der Waals surface area contributed by atoms with Crippen molar-refractivity contribution in [3.05, 3.63) is 0 Å². The van der Waals surface area contributed by atoms with Crippen molar-refractivity contribution in [3.63, 3.8) is 0 Å². The van der Waals surface area contributed by atoms with E-state index in [0.717, 1.165) is 0 Å². The summed E-state index contributed by atoms with van der Waals surface area (Å²) in [5.41, 5.74) is 0. The molecule has 2 rings (SSSR count). The monoisotopic (exact) mass is 443 g/mol. The number of hydrogen-bond donors (Lipinski definition) is 0. The van der Waals surface area contributed by atoms with Gasteiger partial charge in [0.15, 0.2) is 0 Å². The van der Waals surface area contributed by atoms with Gasteiger partial charge in [-0.05, 0) is 75.9 Å². The van der Waals surface area contributed by atoms with Crippen LogP contribution in [-0.2, 0) is 0 Å². The first-order chi connectivity index (χ1) is 14.2. The molecule has 0 radical (unpaired) electrons. The Morgan fingerprint density at radius 2 is 1.00 bits per heavy atom. The Kier molecular flexibility index (Phi) is 14.7. The van der Waals surface area contributed by atoms with Crippen LogP contribution in [0.1, 0.15) is 59.3 Å². The van der Waals surface area contributed by atoms with Crippen LogP contribution in [0.3, 0.4) is 0 Å². The molecule has 0 aromatic carbocycles. The molecule has 0 N–H and O–H groups in total. The summed E-state index contributed by atoms with van der Waals surface area (Å²) in [6, 6.07) is 0. The molecule has 0 amide bonds. The van der Waals surface area contributed by atoms with Gasteiger partial charge in [-0.2, -0.15) is 0 Å². The number of hydrogen-bond acceptors (Lipinski definition) is 3. The Bertz CT molecular complexity index is 348. The standard InChI is InChI=1S/C24H51N3P2/c1-4-7-10-25-13-19-28(20-14-25)23-17-27(12-9-6-3)18-24-29-21-15-26(16-22-29)11-8-5-2/h4-24H2,1-3H3. The largest absolute Gasteiger partial charge is 0.303 e. The van der Waals surface area contributed by atoms with Gasteiger partial charge in [0.2, 0.25) is 0 Å². The maximum absolute atomic E-state index is 2.86. The van der Waals surface area contributed by atoms with Crippen molar-refractivity contribution in [1.29, 1.82) is 0 Å². The van der Waals surface area contributed by atoms with Gasteiger partial charge >= 0.3 is 0 Å². The molecule has 2 fully saturated rings. The number of rotatable bonds is 15. The lowest BCUT2D eigenvalue weighted by Gasteiger charge is -2.35. The lowest BCUT2D eigenvalue weighted by atomic mass is 10.3. The molecule has 3 nitrogen and oxygen atoms in total. The summed E-state index contributed by atoms with van der Waals surface area (Å²) in [6.45, 7) is 19.4. The molecule has 0 aromatic heterocycles. The molecule has 172 valence electrons. The summed E-state index contributed by atoms with van der Waals surface area (Å²) in [5.74, 6) is 0. The fourth-order valence-corrected chi connectivity index (χ4v) is 9.26. The second-order valence-corrected chi connectivity index (χ2v) is 14.6. The van der Waals surface area contributed by atoms with Gasteiger partial charge in [0.25, 0.3) is 0 Å². The van der Waals surface area contributed by atoms with Gasteiger partial charge in [0.05, 0.1) is 0 Å². The van der Waals surface area contributed by atoms with Crippen LogP contribution >= 0.6 is 15.8 Å². The van der Waals surface area contributed by atoms with E-state index in [2.05, 4.69) is 35.5 Å². The molecule has 0 aromatic rings. The quantitative estimate of drug-likeness (QED) is 0.319. The molecule has 29 heavy (non-hydrogen) atoms. The second kappa shape index (κ2) is 16.4. The van der Waals surface area contributed by atoms with Crippen molar-refractivity contribution in [2.75, 3.05) is 95.9 Å². The van der Waals surface area contributed by atoms with Crippen molar-refractivity contribution in [2.24, 2.45) is 0 Å². The number of unbranched alkanes of at least 4 members (excludes halogenated alkanes) is 3. The summed E-state index contributed by atoms with van der Waals surface area (Å²) in [6.07, 6.45) is 17.3. The summed E-state index contributed by atoms with van der Waals surface area (Å²) in [7, 11) is 0.634. The van der Waals surface area contributed by atoms with Gasteiger partial charge in [0.1, 0.15) is 0 Å². The Morgan fingerprint density at radius 1 is 0.586 bits per heavy atom. The molecular formula is C24H51N3P2. The topological polar surface area (TPSA) is 9.72 Å². The Morgan fingerprint density at radius 3 is 1.38 bits per heavy atom.